The fourth-order valence-electron chi connectivity index (χ4n) is 0.502. The molecule has 0 saturated heterocycles. The van der Waals surface area contributed by atoms with Crippen molar-refractivity contribution in [2.75, 3.05) is 41.0 Å². The molecule has 0 rings (SSSR count). The first-order valence-corrected chi connectivity index (χ1v) is 3.46. The van der Waals surface area contributed by atoms with Crippen molar-refractivity contribution < 1.29 is 14.3 Å². The van der Waals surface area contributed by atoms with Gasteiger partial charge in [0.05, 0.1) is 0 Å². The van der Waals surface area contributed by atoms with Crippen molar-refractivity contribution in [1.82, 2.24) is 4.90 Å². The van der Waals surface area contributed by atoms with Crippen LogP contribution in [0.15, 0.2) is 0 Å². The number of esters is 1. The second-order valence-electron chi connectivity index (χ2n) is 2.46. The Morgan fingerprint density at radius 3 is 2.55 bits per heavy atom. The SMILES string of the molecule is COCC(=O)OCCN(C)C. The van der Waals surface area contributed by atoms with Gasteiger partial charge in [-0.05, 0) is 14.1 Å². The molecule has 0 aromatic heterocycles. The Labute approximate surface area is 67.1 Å². The number of rotatable bonds is 5. The molecular weight excluding hydrogens is 146 g/mol. The van der Waals surface area contributed by atoms with Crippen molar-refractivity contribution in [2.45, 2.75) is 0 Å². The molecule has 0 spiro atoms. The molecular formula is C7H15NO3. The zero-order valence-corrected chi connectivity index (χ0v) is 7.29. The number of nitrogens with zero attached hydrogens (tertiary/aromatic N) is 1. The second-order valence-corrected chi connectivity index (χ2v) is 2.46. The van der Waals surface area contributed by atoms with E-state index in [0.29, 0.717) is 6.61 Å². The zero-order chi connectivity index (χ0) is 8.69. The first-order valence-electron chi connectivity index (χ1n) is 3.46. The number of carbonyl (C=O) groups is 1. The molecule has 0 aromatic rings. The first kappa shape index (κ1) is 10.4. The molecule has 0 aliphatic heterocycles. The smallest absolute Gasteiger partial charge is 0.332 e. The van der Waals surface area contributed by atoms with Crippen LogP contribution in [0.2, 0.25) is 0 Å². The molecule has 0 amide bonds. The quantitative estimate of drug-likeness (QED) is 0.521. The largest absolute Gasteiger partial charge is 0.463 e. The lowest BCUT2D eigenvalue weighted by atomic mass is 10.6. The van der Waals surface area contributed by atoms with Gasteiger partial charge in [-0.2, -0.15) is 0 Å². The van der Waals surface area contributed by atoms with E-state index in [1.165, 1.54) is 7.11 Å². The van der Waals surface area contributed by atoms with Crippen LogP contribution in [0.3, 0.4) is 0 Å². The molecule has 0 aliphatic carbocycles. The first-order chi connectivity index (χ1) is 5.16. The lowest BCUT2D eigenvalue weighted by molar-refractivity contribution is -0.148. The fourth-order valence-corrected chi connectivity index (χ4v) is 0.502. The number of hydrogen-bond acceptors (Lipinski definition) is 4. The van der Waals surface area contributed by atoms with Gasteiger partial charge in [0.15, 0.2) is 0 Å². The van der Waals surface area contributed by atoms with Gasteiger partial charge in [0.25, 0.3) is 0 Å². The van der Waals surface area contributed by atoms with Crippen LogP contribution in [0.4, 0.5) is 0 Å². The minimum atomic E-state index is -0.311. The lowest BCUT2D eigenvalue weighted by Gasteiger charge is -2.09. The van der Waals surface area contributed by atoms with Crippen molar-refractivity contribution in [3.8, 4) is 0 Å². The Kier molecular flexibility index (Phi) is 5.78. The molecule has 4 nitrogen and oxygen atoms in total. The Morgan fingerprint density at radius 2 is 2.09 bits per heavy atom. The monoisotopic (exact) mass is 161 g/mol. The van der Waals surface area contributed by atoms with E-state index in [4.69, 9.17) is 4.74 Å². The van der Waals surface area contributed by atoms with Crippen LogP contribution >= 0.6 is 0 Å². The Balaban J connectivity index is 3.17. The summed E-state index contributed by atoms with van der Waals surface area (Å²) in [7, 11) is 5.31. The number of carbonyl (C=O) groups excluding carboxylic acids is 1. The summed E-state index contributed by atoms with van der Waals surface area (Å²) in [4.78, 5) is 12.6. The average Bonchev–Trinajstić information content (AvgIpc) is 1.87. The standard InChI is InChI=1S/C7H15NO3/c1-8(2)4-5-11-7(9)6-10-3/h4-6H2,1-3H3. The summed E-state index contributed by atoms with van der Waals surface area (Å²) in [6, 6.07) is 0. The summed E-state index contributed by atoms with van der Waals surface area (Å²) in [6.07, 6.45) is 0. The van der Waals surface area contributed by atoms with E-state index in [1.54, 1.807) is 0 Å². The second kappa shape index (κ2) is 6.12. The third-order valence-corrected chi connectivity index (χ3v) is 1.06. The van der Waals surface area contributed by atoms with Gasteiger partial charge in [0, 0.05) is 13.7 Å². The van der Waals surface area contributed by atoms with Crippen LogP contribution in [0.1, 0.15) is 0 Å². The third kappa shape index (κ3) is 7.29. The molecule has 0 aliphatic rings. The lowest BCUT2D eigenvalue weighted by Crippen LogP contribution is -2.21. The molecule has 4 heteroatoms. The fraction of sp³-hybridized carbons (Fsp3) is 0.857. The summed E-state index contributed by atoms with van der Waals surface area (Å²) in [5.74, 6) is -0.311. The topological polar surface area (TPSA) is 38.8 Å². The molecule has 0 fully saturated rings. The number of ether oxygens (including phenoxy) is 2. The maximum absolute atomic E-state index is 10.7. The van der Waals surface area contributed by atoms with Crippen molar-refractivity contribution in [2.24, 2.45) is 0 Å². The molecule has 0 heterocycles. The summed E-state index contributed by atoms with van der Waals surface area (Å²) < 4.78 is 9.36. The highest BCUT2D eigenvalue weighted by Crippen LogP contribution is 1.81. The highest BCUT2D eigenvalue weighted by molar-refractivity contribution is 5.70. The van der Waals surface area contributed by atoms with E-state index in [9.17, 15) is 4.79 Å². The van der Waals surface area contributed by atoms with Crippen molar-refractivity contribution in [3.05, 3.63) is 0 Å². The summed E-state index contributed by atoms with van der Waals surface area (Å²) in [5.41, 5.74) is 0. The van der Waals surface area contributed by atoms with Gasteiger partial charge in [-0.15, -0.1) is 0 Å². The van der Waals surface area contributed by atoms with Crippen molar-refractivity contribution in [3.63, 3.8) is 0 Å². The third-order valence-electron chi connectivity index (χ3n) is 1.06. The summed E-state index contributed by atoms with van der Waals surface area (Å²) in [5, 5.41) is 0. The van der Waals surface area contributed by atoms with E-state index < -0.39 is 0 Å². The van der Waals surface area contributed by atoms with Crippen LogP contribution in [0.5, 0.6) is 0 Å². The number of hydrogen-bond donors (Lipinski definition) is 0. The van der Waals surface area contributed by atoms with Gasteiger partial charge < -0.3 is 14.4 Å². The van der Waals surface area contributed by atoms with Crippen LogP contribution in [0, 0.1) is 0 Å². The molecule has 0 bridgehead atoms. The van der Waals surface area contributed by atoms with Crippen LogP contribution in [-0.4, -0.2) is 51.8 Å². The molecule has 0 saturated carbocycles. The average molecular weight is 161 g/mol. The van der Waals surface area contributed by atoms with Gasteiger partial charge >= 0.3 is 5.97 Å². The maximum atomic E-state index is 10.7. The van der Waals surface area contributed by atoms with E-state index >= 15 is 0 Å². The normalized spacial score (nSPS) is 10.2. The Morgan fingerprint density at radius 1 is 1.45 bits per heavy atom. The van der Waals surface area contributed by atoms with Crippen LogP contribution in [0.25, 0.3) is 0 Å². The Hall–Kier alpha value is -0.610. The van der Waals surface area contributed by atoms with E-state index in [1.807, 2.05) is 19.0 Å². The number of methoxy groups -OCH3 is 1. The Bertz CT molecular complexity index is 114. The molecule has 11 heavy (non-hydrogen) atoms. The summed E-state index contributed by atoms with van der Waals surface area (Å²) in [6.45, 7) is 1.21. The number of likely N-dealkylation sites (N-methyl/N-ethyl adjacent to an activating group) is 1. The van der Waals surface area contributed by atoms with Crippen molar-refractivity contribution >= 4 is 5.97 Å². The van der Waals surface area contributed by atoms with Crippen LogP contribution < -0.4 is 0 Å². The minimum absolute atomic E-state index is 0.0351. The van der Waals surface area contributed by atoms with E-state index in [2.05, 4.69) is 4.74 Å². The van der Waals surface area contributed by atoms with Gasteiger partial charge in [-0.3, -0.25) is 0 Å². The zero-order valence-electron chi connectivity index (χ0n) is 7.29. The molecule has 0 N–H and O–H groups in total. The predicted octanol–water partition coefficient (Wildman–Crippen LogP) is -0.262. The van der Waals surface area contributed by atoms with Crippen LogP contribution in [-0.2, 0) is 14.3 Å². The molecule has 0 aromatic carbocycles. The molecule has 0 unspecified atom stereocenters. The highest BCUT2D eigenvalue weighted by atomic mass is 16.6. The highest BCUT2D eigenvalue weighted by Gasteiger charge is 2.00. The maximum Gasteiger partial charge on any atom is 0.332 e. The van der Waals surface area contributed by atoms with Gasteiger partial charge in [0.2, 0.25) is 0 Å². The van der Waals surface area contributed by atoms with Gasteiger partial charge in [-0.25, -0.2) is 4.79 Å². The van der Waals surface area contributed by atoms with Crippen molar-refractivity contribution in [1.29, 1.82) is 0 Å². The van der Waals surface area contributed by atoms with Gasteiger partial charge in [-0.1, -0.05) is 0 Å². The summed E-state index contributed by atoms with van der Waals surface area (Å²) >= 11 is 0. The minimum Gasteiger partial charge on any atom is -0.463 e. The molecule has 66 valence electrons. The van der Waals surface area contributed by atoms with E-state index in [0.717, 1.165) is 6.54 Å². The predicted molar refractivity (Wildman–Crippen MR) is 41.4 cm³/mol. The molecule has 0 radical (unpaired) electrons. The van der Waals surface area contributed by atoms with E-state index in [-0.39, 0.29) is 12.6 Å². The molecule has 0 atom stereocenters. The van der Waals surface area contributed by atoms with Gasteiger partial charge in [0.1, 0.15) is 13.2 Å².